The summed E-state index contributed by atoms with van der Waals surface area (Å²) in [6, 6.07) is 4.18. The number of rotatable bonds is 4. The zero-order chi connectivity index (χ0) is 12.1. The minimum absolute atomic E-state index is 0.527. The summed E-state index contributed by atoms with van der Waals surface area (Å²) in [7, 11) is 0. The Labute approximate surface area is 104 Å². The lowest BCUT2D eigenvalue weighted by Gasteiger charge is -2.33. The van der Waals surface area contributed by atoms with Crippen LogP contribution in [0.3, 0.4) is 0 Å². The van der Waals surface area contributed by atoms with Crippen molar-refractivity contribution in [3.8, 4) is 0 Å². The smallest absolute Gasteiger partial charge is 0.0552 e. The molecule has 0 amide bonds. The van der Waals surface area contributed by atoms with Crippen LogP contribution >= 0.6 is 0 Å². The molecule has 0 aromatic carbocycles. The maximum atomic E-state index is 5.55. The SMILES string of the molecule is CCCC1CCN(c2ccc(CN)nc2)CC1. The molecule has 0 bridgehead atoms. The monoisotopic (exact) mass is 233 g/mol. The first-order chi connectivity index (χ1) is 8.33. The fourth-order valence-electron chi connectivity index (χ4n) is 2.61. The summed E-state index contributed by atoms with van der Waals surface area (Å²) in [5.41, 5.74) is 7.77. The first kappa shape index (κ1) is 12.4. The van der Waals surface area contributed by atoms with Gasteiger partial charge in [0.25, 0.3) is 0 Å². The number of pyridine rings is 1. The average Bonchev–Trinajstić information content (AvgIpc) is 2.40. The Morgan fingerprint density at radius 3 is 2.65 bits per heavy atom. The van der Waals surface area contributed by atoms with E-state index in [2.05, 4.69) is 22.9 Å². The molecule has 0 aliphatic carbocycles. The van der Waals surface area contributed by atoms with E-state index < -0.39 is 0 Å². The van der Waals surface area contributed by atoms with Crippen LogP contribution in [0.15, 0.2) is 18.3 Å². The van der Waals surface area contributed by atoms with Crippen LogP contribution in [0, 0.1) is 5.92 Å². The predicted octanol–water partition coefficient (Wildman–Crippen LogP) is 2.56. The lowest BCUT2D eigenvalue weighted by Crippen LogP contribution is -2.33. The normalized spacial score (nSPS) is 17.4. The van der Waals surface area contributed by atoms with Crippen molar-refractivity contribution in [3.63, 3.8) is 0 Å². The van der Waals surface area contributed by atoms with Gasteiger partial charge in [-0.1, -0.05) is 19.8 Å². The van der Waals surface area contributed by atoms with Crippen molar-refractivity contribution in [2.45, 2.75) is 39.2 Å². The third-order valence-electron chi connectivity index (χ3n) is 3.69. The Balaban J connectivity index is 1.91. The van der Waals surface area contributed by atoms with Crippen LogP contribution in [0.4, 0.5) is 5.69 Å². The second-order valence-corrected chi connectivity index (χ2v) is 4.93. The fourth-order valence-corrected chi connectivity index (χ4v) is 2.61. The van der Waals surface area contributed by atoms with E-state index in [-0.39, 0.29) is 0 Å². The van der Waals surface area contributed by atoms with Gasteiger partial charge in [0.15, 0.2) is 0 Å². The first-order valence-electron chi connectivity index (χ1n) is 6.73. The van der Waals surface area contributed by atoms with E-state index in [1.54, 1.807) is 0 Å². The lowest BCUT2D eigenvalue weighted by atomic mass is 9.92. The van der Waals surface area contributed by atoms with Gasteiger partial charge >= 0.3 is 0 Å². The van der Waals surface area contributed by atoms with Crippen LogP contribution in [-0.2, 0) is 6.54 Å². The number of anilines is 1. The first-order valence-corrected chi connectivity index (χ1v) is 6.73. The summed E-state index contributed by atoms with van der Waals surface area (Å²) in [6.45, 7) is 5.16. The topological polar surface area (TPSA) is 42.1 Å². The van der Waals surface area contributed by atoms with Gasteiger partial charge in [-0.15, -0.1) is 0 Å². The molecule has 0 unspecified atom stereocenters. The van der Waals surface area contributed by atoms with Gasteiger partial charge in [-0.2, -0.15) is 0 Å². The molecule has 1 aromatic heterocycles. The minimum Gasteiger partial charge on any atom is -0.370 e. The molecule has 0 atom stereocenters. The molecule has 2 N–H and O–H groups in total. The highest BCUT2D eigenvalue weighted by Crippen LogP contribution is 2.25. The molecular formula is C14H23N3. The lowest BCUT2D eigenvalue weighted by molar-refractivity contribution is 0.378. The van der Waals surface area contributed by atoms with E-state index in [1.165, 1.54) is 44.5 Å². The molecule has 1 saturated heterocycles. The summed E-state index contributed by atoms with van der Waals surface area (Å²) in [5.74, 6) is 0.938. The van der Waals surface area contributed by atoms with Gasteiger partial charge in [0.05, 0.1) is 17.6 Å². The van der Waals surface area contributed by atoms with Crippen molar-refractivity contribution in [2.24, 2.45) is 11.7 Å². The van der Waals surface area contributed by atoms with E-state index >= 15 is 0 Å². The molecular weight excluding hydrogens is 210 g/mol. The molecule has 0 radical (unpaired) electrons. The molecule has 1 fully saturated rings. The highest BCUT2D eigenvalue weighted by Gasteiger charge is 2.18. The molecule has 0 saturated carbocycles. The fraction of sp³-hybridized carbons (Fsp3) is 0.643. The quantitative estimate of drug-likeness (QED) is 0.869. The molecule has 3 nitrogen and oxygen atoms in total. The maximum Gasteiger partial charge on any atom is 0.0552 e. The Morgan fingerprint density at radius 1 is 1.35 bits per heavy atom. The third kappa shape index (κ3) is 3.19. The van der Waals surface area contributed by atoms with Gasteiger partial charge in [-0.25, -0.2) is 0 Å². The Hall–Kier alpha value is -1.09. The van der Waals surface area contributed by atoms with Crippen LogP contribution in [0.2, 0.25) is 0 Å². The highest BCUT2D eigenvalue weighted by atomic mass is 15.1. The average molecular weight is 233 g/mol. The Morgan fingerprint density at radius 2 is 2.12 bits per heavy atom. The second kappa shape index (κ2) is 6.01. The van der Waals surface area contributed by atoms with Gasteiger partial charge in [0.2, 0.25) is 0 Å². The van der Waals surface area contributed by atoms with E-state index in [0.717, 1.165) is 11.6 Å². The van der Waals surface area contributed by atoms with Crippen molar-refractivity contribution < 1.29 is 0 Å². The highest BCUT2D eigenvalue weighted by molar-refractivity contribution is 5.44. The molecule has 1 aliphatic rings. The van der Waals surface area contributed by atoms with Gasteiger partial charge in [-0.3, -0.25) is 4.98 Å². The molecule has 17 heavy (non-hydrogen) atoms. The Bertz CT molecular complexity index is 326. The molecule has 94 valence electrons. The van der Waals surface area contributed by atoms with Gasteiger partial charge in [0.1, 0.15) is 0 Å². The van der Waals surface area contributed by atoms with Gasteiger partial charge < -0.3 is 10.6 Å². The van der Waals surface area contributed by atoms with E-state index in [1.807, 2.05) is 12.3 Å². The predicted molar refractivity (Wildman–Crippen MR) is 72.0 cm³/mol. The molecule has 2 rings (SSSR count). The summed E-state index contributed by atoms with van der Waals surface area (Å²) >= 11 is 0. The Kier molecular flexibility index (Phi) is 4.37. The van der Waals surface area contributed by atoms with Crippen LogP contribution in [0.5, 0.6) is 0 Å². The molecule has 1 aromatic rings. The summed E-state index contributed by atoms with van der Waals surface area (Å²) in [5, 5.41) is 0. The van der Waals surface area contributed by atoms with Crippen LogP contribution in [-0.4, -0.2) is 18.1 Å². The van der Waals surface area contributed by atoms with E-state index in [9.17, 15) is 0 Å². The summed E-state index contributed by atoms with van der Waals surface area (Å²) in [4.78, 5) is 6.80. The summed E-state index contributed by atoms with van der Waals surface area (Å²) in [6.07, 6.45) is 7.32. The van der Waals surface area contributed by atoms with Crippen molar-refractivity contribution in [1.82, 2.24) is 4.98 Å². The number of aromatic nitrogens is 1. The van der Waals surface area contributed by atoms with Crippen LogP contribution in [0.1, 0.15) is 38.3 Å². The van der Waals surface area contributed by atoms with Crippen molar-refractivity contribution in [2.75, 3.05) is 18.0 Å². The number of nitrogens with two attached hydrogens (primary N) is 1. The van der Waals surface area contributed by atoms with Crippen molar-refractivity contribution in [1.29, 1.82) is 0 Å². The number of nitrogens with zero attached hydrogens (tertiary/aromatic N) is 2. The molecule has 2 heterocycles. The zero-order valence-electron chi connectivity index (χ0n) is 10.7. The van der Waals surface area contributed by atoms with Crippen LogP contribution in [0.25, 0.3) is 0 Å². The zero-order valence-corrected chi connectivity index (χ0v) is 10.7. The minimum atomic E-state index is 0.527. The van der Waals surface area contributed by atoms with Crippen LogP contribution < -0.4 is 10.6 Å². The number of hydrogen-bond acceptors (Lipinski definition) is 3. The van der Waals surface area contributed by atoms with Gasteiger partial charge in [-0.05, 0) is 30.9 Å². The molecule has 1 aliphatic heterocycles. The van der Waals surface area contributed by atoms with Crippen molar-refractivity contribution in [3.05, 3.63) is 24.0 Å². The number of hydrogen-bond donors (Lipinski definition) is 1. The third-order valence-corrected chi connectivity index (χ3v) is 3.69. The number of piperidine rings is 1. The van der Waals surface area contributed by atoms with E-state index in [0.29, 0.717) is 6.54 Å². The van der Waals surface area contributed by atoms with Gasteiger partial charge in [0, 0.05) is 19.6 Å². The largest absolute Gasteiger partial charge is 0.370 e. The molecule has 0 spiro atoms. The maximum absolute atomic E-state index is 5.55. The second-order valence-electron chi connectivity index (χ2n) is 4.93. The standard InChI is InChI=1S/C14H23N3/c1-2-3-12-6-8-17(9-7-12)14-5-4-13(10-15)16-11-14/h4-5,11-12H,2-3,6-10,15H2,1H3. The van der Waals surface area contributed by atoms with E-state index in [4.69, 9.17) is 5.73 Å². The molecule has 3 heteroatoms. The van der Waals surface area contributed by atoms with Crippen molar-refractivity contribution >= 4 is 5.69 Å². The summed E-state index contributed by atoms with van der Waals surface area (Å²) < 4.78 is 0.